The molecule has 0 heterocycles. The van der Waals surface area contributed by atoms with Gasteiger partial charge in [0.1, 0.15) is 12.6 Å². The lowest BCUT2D eigenvalue weighted by atomic mass is 10.0. The van der Waals surface area contributed by atoms with Crippen molar-refractivity contribution in [1.29, 1.82) is 0 Å². The molecule has 45 heavy (non-hydrogen) atoms. The van der Waals surface area contributed by atoms with Gasteiger partial charge >= 0.3 is 0 Å². The van der Waals surface area contributed by atoms with Crippen LogP contribution >= 0.6 is 11.6 Å². The largest absolute Gasteiger partial charge is 0.352 e. The Kier molecular flexibility index (Phi) is 11.4. The van der Waals surface area contributed by atoms with E-state index in [2.05, 4.69) is 5.32 Å². The normalized spacial score (nSPS) is 12.6. The van der Waals surface area contributed by atoms with Crippen LogP contribution in [0.3, 0.4) is 0 Å². The summed E-state index contributed by atoms with van der Waals surface area (Å²) in [7, 11) is -4.18. The molecule has 0 aliphatic carbocycles. The minimum Gasteiger partial charge on any atom is -0.352 e. The molecule has 4 aromatic carbocycles. The number of hydrogen-bond acceptors (Lipinski definition) is 4. The minimum atomic E-state index is -4.18. The third kappa shape index (κ3) is 8.53. The first-order valence-electron chi connectivity index (χ1n) is 15.0. The standard InChI is InChI=1S/C36H40ClN3O4S/c1-5-28(4)38-36(42)34(23-29-15-8-6-9-16-29)39(24-30-17-13-12-14-26(30)2)35(41)25-40(33-21-20-31(37)22-27(33)3)45(43,44)32-18-10-7-11-19-32/h6-22,28,34H,5,23-25H2,1-4H3,(H,38,42). The lowest BCUT2D eigenvalue weighted by Crippen LogP contribution is -2.54. The molecule has 0 aliphatic rings. The molecule has 2 unspecified atom stereocenters. The van der Waals surface area contributed by atoms with Crippen LogP contribution in [0, 0.1) is 13.8 Å². The minimum absolute atomic E-state index is 0.0490. The van der Waals surface area contributed by atoms with Gasteiger partial charge in [0.15, 0.2) is 0 Å². The summed E-state index contributed by atoms with van der Waals surface area (Å²) in [5, 5.41) is 3.51. The molecule has 0 aromatic heterocycles. The van der Waals surface area contributed by atoms with Crippen LogP contribution in [0.5, 0.6) is 0 Å². The van der Waals surface area contributed by atoms with E-state index in [1.165, 1.54) is 17.0 Å². The zero-order chi connectivity index (χ0) is 32.6. The third-order valence-corrected chi connectivity index (χ3v) is 9.92. The maximum atomic E-state index is 14.6. The van der Waals surface area contributed by atoms with Gasteiger partial charge in [0, 0.05) is 24.0 Å². The van der Waals surface area contributed by atoms with Crippen molar-refractivity contribution in [3.05, 3.63) is 130 Å². The summed E-state index contributed by atoms with van der Waals surface area (Å²) < 4.78 is 29.4. The fourth-order valence-corrected chi connectivity index (χ4v) is 6.82. The van der Waals surface area contributed by atoms with Crippen LogP contribution in [0.4, 0.5) is 5.69 Å². The second kappa shape index (κ2) is 15.2. The number of aryl methyl sites for hydroxylation is 2. The van der Waals surface area contributed by atoms with Crippen molar-refractivity contribution in [3.63, 3.8) is 0 Å². The van der Waals surface area contributed by atoms with E-state index in [-0.39, 0.29) is 29.8 Å². The van der Waals surface area contributed by atoms with Crippen molar-refractivity contribution in [3.8, 4) is 0 Å². The molecule has 4 rings (SSSR count). The summed E-state index contributed by atoms with van der Waals surface area (Å²) >= 11 is 6.23. The quantitative estimate of drug-likeness (QED) is 0.175. The van der Waals surface area contributed by atoms with Crippen LogP contribution in [0.25, 0.3) is 0 Å². The number of sulfonamides is 1. The van der Waals surface area contributed by atoms with Crippen LogP contribution in [0.15, 0.2) is 108 Å². The molecule has 0 saturated carbocycles. The molecule has 0 aliphatic heterocycles. The summed E-state index contributed by atoms with van der Waals surface area (Å²) in [5.41, 5.74) is 3.62. The van der Waals surface area contributed by atoms with E-state index in [1.54, 1.807) is 43.3 Å². The summed E-state index contributed by atoms with van der Waals surface area (Å²) in [4.78, 5) is 30.1. The number of amides is 2. The van der Waals surface area contributed by atoms with Gasteiger partial charge in [-0.05, 0) is 79.8 Å². The maximum Gasteiger partial charge on any atom is 0.264 e. The summed E-state index contributed by atoms with van der Waals surface area (Å²) in [6, 6.07) is 29.1. The number of carbonyl (C=O) groups excluding carboxylic acids is 2. The molecule has 0 bridgehead atoms. The van der Waals surface area contributed by atoms with E-state index in [0.717, 1.165) is 21.0 Å². The topological polar surface area (TPSA) is 86.8 Å². The summed E-state index contributed by atoms with van der Waals surface area (Å²) in [5.74, 6) is -0.803. The molecule has 4 aromatic rings. The van der Waals surface area contributed by atoms with E-state index in [9.17, 15) is 18.0 Å². The van der Waals surface area contributed by atoms with Crippen LogP contribution in [0.1, 0.15) is 42.5 Å². The lowest BCUT2D eigenvalue weighted by Gasteiger charge is -2.35. The second-order valence-corrected chi connectivity index (χ2v) is 13.5. The van der Waals surface area contributed by atoms with Gasteiger partial charge in [0.2, 0.25) is 11.8 Å². The first-order valence-corrected chi connectivity index (χ1v) is 16.8. The molecular formula is C36H40ClN3O4S. The van der Waals surface area contributed by atoms with Gasteiger partial charge in [-0.3, -0.25) is 13.9 Å². The highest BCUT2D eigenvalue weighted by Crippen LogP contribution is 2.30. The molecule has 9 heteroatoms. The first-order chi connectivity index (χ1) is 21.5. The fourth-order valence-electron chi connectivity index (χ4n) is 5.10. The number of nitrogens with one attached hydrogen (secondary N) is 1. The van der Waals surface area contributed by atoms with E-state index >= 15 is 0 Å². The lowest BCUT2D eigenvalue weighted by molar-refractivity contribution is -0.140. The Morgan fingerprint density at radius 2 is 1.47 bits per heavy atom. The van der Waals surface area contributed by atoms with Gasteiger partial charge < -0.3 is 10.2 Å². The number of hydrogen-bond donors (Lipinski definition) is 1. The van der Waals surface area contributed by atoms with Gasteiger partial charge in [-0.2, -0.15) is 0 Å². The van der Waals surface area contributed by atoms with Crippen molar-refractivity contribution < 1.29 is 18.0 Å². The van der Waals surface area contributed by atoms with E-state index < -0.39 is 28.5 Å². The number of nitrogens with zero attached hydrogens (tertiary/aromatic N) is 2. The monoisotopic (exact) mass is 645 g/mol. The van der Waals surface area contributed by atoms with Crippen molar-refractivity contribution in [2.45, 2.75) is 64.1 Å². The Morgan fingerprint density at radius 1 is 0.844 bits per heavy atom. The Bertz CT molecular complexity index is 1720. The average Bonchev–Trinajstić information content (AvgIpc) is 3.03. The van der Waals surface area contributed by atoms with Crippen LogP contribution in [-0.4, -0.2) is 43.8 Å². The number of rotatable bonds is 13. The second-order valence-electron chi connectivity index (χ2n) is 11.2. The molecule has 1 N–H and O–H groups in total. The highest BCUT2D eigenvalue weighted by molar-refractivity contribution is 7.92. The third-order valence-electron chi connectivity index (χ3n) is 7.91. The van der Waals surface area contributed by atoms with Crippen LogP contribution < -0.4 is 9.62 Å². The number of halogens is 1. The van der Waals surface area contributed by atoms with Gasteiger partial charge in [-0.25, -0.2) is 8.42 Å². The number of carbonyl (C=O) groups is 2. The highest BCUT2D eigenvalue weighted by atomic mass is 35.5. The van der Waals surface area contributed by atoms with Gasteiger partial charge in [-0.15, -0.1) is 0 Å². The molecule has 2 amide bonds. The number of benzene rings is 4. The maximum absolute atomic E-state index is 14.6. The fraction of sp³-hybridized carbons (Fsp3) is 0.278. The van der Waals surface area contributed by atoms with Crippen molar-refractivity contribution >= 4 is 39.1 Å². The Balaban J connectivity index is 1.83. The molecule has 236 valence electrons. The first kappa shape index (κ1) is 33.7. The summed E-state index contributed by atoms with van der Waals surface area (Å²) in [6.07, 6.45) is 0.973. The summed E-state index contributed by atoms with van der Waals surface area (Å²) in [6.45, 7) is 7.20. The predicted octanol–water partition coefficient (Wildman–Crippen LogP) is 6.71. The Hall–Kier alpha value is -4.14. The van der Waals surface area contributed by atoms with Crippen LogP contribution in [-0.2, 0) is 32.6 Å². The molecule has 7 nitrogen and oxygen atoms in total. The van der Waals surface area contributed by atoms with E-state index in [1.807, 2.05) is 75.4 Å². The van der Waals surface area contributed by atoms with E-state index in [0.29, 0.717) is 22.7 Å². The average molecular weight is 646 g/mol. The zero-order valence-electron chi connectivity index (χ0n) is 26.1. The molecule has 2 atom stereocenters. The number of anilines is 1. The van der Waals surface area contributed by atoms with Crippen molar-refractivity contribution in [1.82, 2.24) is 10.2 Å². The molecule has 0 fully saturated rings. The Labute approximate surface area is 271 Å². The Morgan fingerprint density at radius 3 is 2.09 bits per heavy atom. The van der Waals surface area contributed by atoms with Crippen LogP contribution in [0.2, 0.25) is 5.02 Å². The van der Waals surface area contributed by atoms with E-state index in [4.69, 9.17) is 11.6 Å². The van der Waals surface area contributed by atoms with Gasteiger partial charge in [0.05, 0.1) is 10.6 Å². The molecule has 0 radical (unpaired) electrons. The molecule has 0 spiro atoms. The SMILES string of the molecule is CCC(C)NC(=O)C(Cc1ccccc1)N(Cc1ccccc1C)C(=O)CN(c1ccc(Cl)cc1C)S(=O)(=O)c1ccccc1. The molecule has 0 saturated heterocycles. The van der Waals surface area contributed by atoms with Crippen molar-refractivity contribution in [2.24, 2.45) is 0 Å². The highest BCUT2D eigenvalue weighted by Gasteiger charge is 2.35. The van der Waals surface area contributed by atoms with Gasteiger partial charge in [0.25, 0.3) is 10.0 Å². The van der Waals surface area contributed by atoms with Gasteiger partial charge in [-0.1, -0.05) is 91.3 Å². The predicted molar refractivity (Wildman–Crippen MR) is 181 cm³/mol. The molecular weight excluding hydrogens is 606 g/mol. The zero-order valence-corrected chi connectivity index (χ0v) is 27.7. The van der Waals surface area contributed by atoms with Crippen molar-refractivity contribution in [2.75, 3.05) is 10.8 Å². The smallest absolute Gasteiger partial charge is 0.264 e.